The van der Waals surface area contributed by atoms with Crippen LogP contribution in [-0.4, -0.2) is 22.8 Å². The standard InChI is InChI=1S/C34H31ClN4O/c35-25-20-21-31-30(22-25)34(40)39-33(37(31)23-24-12-4-1-5-13-24)29-19-11-10-18-28(29)32(36-26-14-6-2-7-15-26)38(39)27-16-8-3-9-17-27/h1,3-5,8-13,16-22,26,33H,2,6-7,14-15,23H2. The molecule has 0 N–H and O–H groups in total. The summed E-state index contributed by atoms with van der Waals surface area (Å²) in [6, 6.07) is 34.9. The lowest BCUT2D eigenvalue weighted by molar-refractivity contribution is 0.0644. The van der Waals surface area contributed by atoms with E-state index >= 15 is 0 Å². The number of carbonyl (C=O) groups is 1. The van der Waals surface area contributed by atoms with Crippen molar-refractivity contribution < 1.29 is 4.79 Å². The van der Waals surface area contributed by atoms with Crippen LogP contribution in [0.1, 0.15) is 65.3 Å². The second-order valence-electron chi connectivity index (χ2n) is 10.8. The van der Waals surface area contributed by atoms with Gasteiger partial charge < -0.3 is 4.90 Å². The zero-order chi connectivity index (χ0) is 27.1. The molecule has 2 heterocycles. The lowest BCUT2D eigenvalue weighted by Gasteiger charge is -2.53. The van der Waals surface area contributed by atoms with E-state index in [2.05, 4.69) is 70.6 Å². The van der Waals surface area contributed by atoms with Crippen molar-refractivity contribution in [3.05, 3.63) is 130 Å². The van der Waals surface area contributed by atoms with Gasteiger partial charge in [0.2, 0.25) is 0 Å². The summed E-state index contributed by atoms with van der Waals surface area (Å²) in [5.74, 6) is 0.755. The van der Waals surface area contributed by atoms with Gasteiger partial charge in [-0.2, -0.15) is 0 Å². The average molecular weight is 547 g/mol. The molecule has 200 valence electrons. The van der Waals surface area contributed by atoms with Crippen LogP contribution in [-0.2, 0) is 6.54 Å². The zero-order valence-corrected chi connectivity index (χ0v) is 23.0. The number of halogens is 1. The highest BCUT2D eigenvalue weighted by Crippen LogP contribution is 2.46. The molecule has 1 aliphatic carbocycles. The smallest absolute Gasteiger partial charge is 0.277 e. The summed E-state index contributed by atoms with van der Waals surface area (Å²) in [5.41, 5.74) is 5.71. The van der Waals surface area contributed by atoms with Crippen LogP contribution in [0.3, 0.4) is 0 Å². The maximum absolute atomic E-state index is 14.6. The summed E-state index contributed by atoms with van der Waals surface area (Å²) in [5, 5.41) is 4.51. The largest absolute Gasteiger partial charge is 0.341 e. The number of rotatable bonds is 4. The maximum atomic E-state index is 14.6. The molecule has 7 rings (SSSR count). The van der Waals surface area contributed by atoms with E-state index in [0.29, 0.717) is 17.1 Å². The molecular formula is C34H31ClN4O. The molecule has 1 atom stereocenters. The molecule has 5 nitrogen and oxygen atoms in total. The van der Waals surface area contributed by atoms with Crippen LogP contribution in [0, 0.1) is 0 Å². The number of nitrogens with zero attached hydrogens (tertiary/aromatic N) is 4. The van der Waals surface area contributed by atoms with Crippen molar-refractivity contribution in [1.82, 2.24) is 5.01 Å². The Hall–Kier alpha value is -4.09. The van der Waals surface area contributed by atoms with Gasteiger partial charge in [-0.3, -0.25) is 9.79 Å². The molecule has 40 heavy (non-hydrogen) atoms. The lowest BCUT2D eigenvalue weighted by Crippen LogP contribution is -2.62. The van der Waals surface area contributed by atoms with Gasteiger partial charge in [0.1, 0.15) is 0 Å². The quantitative estimate of drug-likeness (QED) is 0.260. The van der Waals surface area contributed by atoms with E-state index in [1.54, 1.807) is 6.07 Å². The van der Waals surface area contributed by atoms with Gasteiger partial charge in [-0.05, 0) is 48.7 Å². The van der Waals surface area contributed by atoms with E-state index in [1.807, 2.05) is 41.4 Å². The molecule has 4 aromatic carbocycles. The predicted octanol–water partition coefficient (Wildman–Crippen LogP) is 8.02. The highest BCUT2D eigenvalue weighted by Gasteiger charge is 2.48. The fraction of sp³-hybridized carbons (Fsp3) is 0.235. The third kappa shape index (κ3) is 4.35. The summed E-state index contributed by atoms with van der Waals surface area (Å²) in [4.78, 5) is 22.3. The molecule has 6 heteroatoms. The number of benzene rings is 4. The van der Waals surface area contributed by atoms with Gasteiger partial charge in [0.15, 0.2) is 12.0 Å². The van der Waals surface area contributed by atoms with Crippen LogP contribution in [0.4, 0.5) is 11.4 Å². The average Bonchev–Trinajstić information content (AvgIpc) is 3.00. The molecule has 0 saturated heterocycles. The van der Waals surface area contributed by atoms with E-state index in [0.717, 1.165) is 41.2 Å². The second kappa shape index (κ2) is 10.5. The molecule has 1 amide bonds. The Kier molecular flexibility index (Phi) is 6.52. The monoisotopic (exact) mass is 546 g/mol. The molecule has 0 aromatic heterocycles. The first-order valence-corrected chi connectivity index (χ1v) is 14.5. The summed E-state index contributed by atoms with van der Waals surface area (Å²) in [7, 11) is 0. The van der Waals surface area contributed by atoms with Gasteiger partial charge >= 0.3 is 0 Å². The van der Waals surface area contributed by atoms with Gasteiger partial charge in [-0.1, -0.05) is 104 Å². The number of hydrogen-bond donors (Lipinski definition) is 0. The molecule has 1 saturated carbocycles. The summed E-state index contributed by atoms with van der Waals surface area (Å²) in [6.45, 7) is 0.635. The number of fused-ring (bicyclic) bond motifs is 4. The van der Waals surface area contributed by atoms with Crippen LogP contribution >= 0.6 is 11.6 Å². The first-order chi connectivity index (χ1) is 19.7. The molecule has 1 unspecified atom stereocenters. The molecule has 0 bridgehead atoms. The molecular weight excluding hydrogens is 516 g/mol. The molecule has 0 spiro atoms. The number of amides is 1. The molecule has 4 aromatic rings. The zero-order valence-electron chi connectivity index (χ0n) is 22.3. The normalized spacial score (nSPS) is 19.8. The van der Waals surface area contributed by atoms with E-state index in [9.17, 15) is 4.79 Å². The SMILES string of the molecule is O=C1c2cc(Cl)ccc2N(Cc2ccccc2)C2c3ccccc3C(=NC3CCCCC3)N(c3ccccc3)N12. The number of carbonyl (C=O) groups excluding carboxylic acids is 1. The molecule has 0 radical (unpaired) electrons. The Labute approximate surface area is 240 Å². The van der Waals surface area contributed by atoms with Crippen LogP contribution in [0.25, 0.3) is 0 Å². The van der Waals surface area contributed by atoms with Crippen molar-refractivity contribution >= 4 is 34.7 Å². The first kappa shape index (κ1) is 24.9. The second-order valence-corrected chi connectivity index (χ2v) is 11.2. The Morgan fingerprint density at radius 3 is 2.25 bits per heavy atom. The minimum Gasteiger partial charge on any atom is -0.341 e. The minimum atomic E-state index is -0.358. The van der Waals surface area contributed by atoms with Crippen molar-refractivity contribution in [3.63, 3.8) is 0 Å². The van der Waals surface area contributed by atoms with Crippen molar-refractivity contribution in [2.24, 2.45) is 4.99 Å². The maximum Gasteiger partial charge on any atom is 0.277 e. The fourth-order valence-electron chi connectivity index (χ4n) is 6.34. The van der Waals surface area contributed by atoms with E-state index in [1.165, 1.54) is 24.8 Å². The summed E-state index contributed by atoms with van der Waals surface area (Å²) >= 11 is 6.49. The molecule has 2 aliphatic heterocycles. The lowest BCUT2D eigenvalue weighted by atomic mass is 9.93. The van der Waals surface area contributed by atoms with E-state index in [-0.39, 0.29) is 18.1 Å². The van der Waals surface area contributed by atoms with Gasteiger partial charge in [0.25, 0.3) is 5.91 Å². The Balaban J connectivity index is 1.48. The van der Waals surface area contributed by atoms with Crippen molar-refractivity contribution in [2.75, 3.05) is 9.91 Å². The van der Waals surface area contributed by atoms with Gasteiger partial charge in [-0.25, -0.2) is 10.0 Å². The van der Waals surface area contributed by atoms with Crippen LogP contribution < -0.4 is 9.91 Å². The minimum absolute atomic E-state index is 0.0819. The van der Waals surface area contributed by atoms with E-state index < -0.39 is 0 Å². The number of amidine groups is 1. The van der Waals surface area contributed by atoms with Crippen molar-refractivity contribution in [3.8, 4) is 0 Å². The predicted molar refractivity (Wildman–Crippen MR) is 162 cm³/mol. The Morgan fingerprint density at radius 2 is 1.48 bits per heavy atom. The van der Waals surface area contributed by atoms with Crippen LogP contribution in [0.15, 0.2) is 108 Å². The molecule has 1 fully saturated rings. The number of hydrogen-bond acceptors (Lipinski definition) is 3. The third-order valence-electron chi connectivity index (χ3n) is 8.21. The third-order valence-corrected chi connectivity index (χ3v) is 8.44. The Morgan fingerprint density at radius 1 is 0.775 bits per heavy atom. The summed E-state index contributed by atoms with van der Waals surface area (Å²) in [6.07, 6.45) is 5.43. The first-order valence-electron chi connectivity index (χ1n) is 14.1. The number of para-hydroxylation sites is 1. The molecule has 3 aliphatic rings. The summed E-state index contributed by atoms with van der Waals surface area (Å²) < 4.78 is 0. The van der Waals surface area contributed by atoms with Crippen LogP contribution in [0.5, 0.6) is 0 Å². The number of aliphatic imine (C=N–C) groups is 1. The van der Waals surface area contributed by atoms with E-state index in [4.69, 9.17) is 16.6 Å². The highest BCUT2D eigenvalue weighted by molar-refractivity contribution is 6.31. The fourth-order valence-corrected chi connectivity index (χ4v) is 6.52. The van der Waals surface area contributed by atoms with Crippen LogP contribution in [0.2, 0.25) is 5.02 Å². The topological polar surface area (TPSA) is 39.2 Å². The Bertz CT molecular complexity index is 1570. The van der Waals surface area contributed by atoms with Gasteiger partial charge in [0.05, 0.1) is 23.0 Å². The van der Waals surface area contributed by atoms with Gasteiger partial charge in [0, 0.05) is 22.7 Å². The van der Waals surface area contributed by atoms with Crippen molar-refractivity contribution in [2.45, 2.75) is 50.9 Å². The number of anilines is 2. The van der Waals surface area contributed by atoms with Gasteiger partial charge in [-0.15, -0.1) is 0 Å². The highest BCUT2D eigenvalue weighted by atomic mass is 35.5. The van der Waals surface area contributed by atoms with Crippen molar-refractivity contribution in [1.29, 1.82) is 0 Å². The number of hydrazine groups is 1.